The van der Waals surface area contributed by atoms with Gasteiger partial charge in [0.15, 0.2) is 0 Å². The van der Waals surface area contributed by atoms with Gasteiger partial charge in [0.05, 0.1) is 19.2 Å². The Morgan fingerprint density at radius 3 is 2.62 bits per heavy atom. The second kappa shape index (κ2) is 6.39. The predicted molar refractivity (Wildman–Crippen MR) is 81.2 cm³/mol. The predicted octanol–water partition coefficient (Wildman–Crippen LogP) is 0.887. The fourth-order valence-electron chi connectivity index (χ4n) is 2.15. The van der Waals surface area contributed by atoms with E-state index in [1.54, 1.807) is 12.4 Å². The Labute approximate surface area is 123 Å². The number of likely N-dealkylation sites (N-methyl/N-ethyl adjacent to an activating group) is 1. The highest BCUT2D eigenvalue weighted by molar-refractivity contribution is 6.00. The van der Waals surface area contributed by atoms with E-state index in [0.29, 0.717) is 13.2 Å². The van der Waals surface area contributed by atoms with Gasteiger partial charge in [-0.15, -0.1) is 0 Å². The van der Waals surface area contributed by atoms with Crippen molar-refractivity contribution in [3.8, 4) is 0 Å². The van der Waals surface area contributed by atoms with Crippen LogP contribution < -0.4 is 4.90 Å². The third-order valence-corrected chi connectivity index (χ3v) is 3.34. The van der Waals surface area contributed by atoms with Crippen LogP contribution in [-0.2, 0) is 11.3 Å². The molecule has 1 unspecified atom stereocenters. The summed E-state index contributed by atoms with van der Waals surface area (Å²) in [6.45, 7) is 1.04. The van der Waals surface area contributed by atoms with Gasteiger partial charge in [0.1, 0.15) is 6.61 Å². The van der Waals surface area contributed by atoms with Gasteiger partial charge in [-0.25, -0.2) is 4.90 Å². The van der Waals surface area contributed by atoms with E-state index in [1.807, 2.05) is 49.5 Å². The van der Waals surface area contributed by atoms with Crippen molar-refractivity contribution in [3.05, 3.63) is 66.0 Å². The maximum absolute atomic E-state index is 5.72. The summed E-state index contributed by atoms with van der Waals surface area (Å²) in [5.41, 5.74) is 2.14. The standard InChI is InChI=1S/C16H16N4O/c1-20-15(12-21-11-13-6-3-2-4-7-13)18-19-16(20)14-8-5-9-17-10-14/h2-10H,11-12H2,1H3/p+1. The summed E-state index contributed by atoms with van der Waals surface area (Å²) < 4.78 is 5.72. The van der Waals surface area contributed by atoms with Gasteiger partial charge in [0.2, 0.25) is 0 Å². The largest absolute Gasteiger partial charge is 0.365 e. The van der Waals surface area contributed by atoms with E-state index in [2.05, 4.69) is 15.2 Å². The summed E-state index contributed by atoms with van der Waals surface area (Å²) >= 11 is 0. The Morgan fingerprint density at radius 2 is 1.86 bits per heavy atom. The number of aromatic nitrogens is 1. The van der Waals surface area contributed by atoms with Crippen molar-refractivity contribution in [1.29, 1.82) is 0 Å². The molecule has 1 aliphatic heterocycles. The average molecular weight is 281 g/mol. The molecule has 5 heteroatoms. The molecular formula is C16H17N4O+. The molecule has 0 saturated heterocycles. The van der Waals surface area contributed by atoms with Crippen molar-refractivity contribution in [3.63, 3.8) is 0 Å². The van der Waals surface area contributed by atoms with Crippen LogP contribution in [0.5, 0.6) is 0 Å². The first kappa shape index (κ1) is 13.6. The maximum atomic E-state index is 5.72. The minimum absolute atomic E-state index is 0.466. The molecule has 2 heterocycles. The first-order valence-corrected chi connectivity index (χ1v) is 6.85. The molecule has 1 aromatic carbocycles. The summed E-state index contributed by atoms with van der Waals surface area (Å²) in [5, 5.41) is 8.46. The molecule has 5 nitrogen and oxygen atoms in total. The minimum atomic E-state index is 0.466. The third-order valence-electron chi connectivity index (χ3n) is 3.34. The summed E-state index contributed by atoms with van der Waals surface area (Å²) in [6, 6.07) is 14.0. The van der Waals surface area contributed by atoms with Crippen LogP contribution in [0, 0.1) is 0 Å². The van der Waals surface area contributed by atoms with E-state index >= 15 is 0 Å². The van der Waals surface area contributed by atoms with Gasteiger partial charge < -0.3 is 4.74 Å². The van der Waals surface area contributed by atoms with E-state index in [0.717, 1.165) is 27.7 Å². The molecule has 0 spiro atoms. The van der Waals surface area contributed by atoms with Gasteiger partial charge in [-0.2, -0.15) is 0 Å². The van der Waals surface area contributed by atoms with Crippen molar-refractivity contribution in [1.82, 2.24) is 4.98 Å². The Balaban J connectivity index is 1.55. The monoisotopic (exact) mass is 281 g/mol. The minimum Gasteiger partial charge on any atom is -0.365 e. The molecule has 0 radical (unpaired) electrons. The van der Waals surface area contributed by atoms with Gasteiger partial charge in [0.25, 0.3) is 11.7 Å². The van der Waals surface area contributed by atoms with Crippen LogP contribution in [0.15, 0.2) is 65.1 Å². The van der Waals surface area contributed by atoms with Gasteiger partial charge in [0, 0.05) is 12.4 Å². The topological polar surface area (TPSA) is 51.3 Å². The van der Waals surface area contributed by atoms with E-state index in [4.69, 9.17) is 4.74 Å². The number of ether oxygens (including phenoxy) is 1. The number of quaternary nitrogens is 1. The van der Waals surface area contributed by atoms with Crippen LogP contribution in [0.1, 0.15) is 11.1 Å². The fraction of sp³-hybridized carbons (Fsp3) is 0.188. The van der Waals surface area contributed by atoms with Gasteiger partial charge >= 0.3 is 0 Å². The van der Waals surface area contributed by atoms with Crippen LogP contribution in [-0.4, -0.2) is 30.3 Å². The summed E-state index contributed by atoms with van der Waals surface area (Å²) in [7, 11) is 2.02. The van der Waals surface area contributed by atoms with Crippen LogP contribution in [0.3, 0.4) is 0 Å². The number of nitrogens with one attached hydrogen (secondary N) is 1. The fourth-order valence-corrected chi connectivity index (χ4v) is 2.15. The lowest BCUT2D eigenvalue weighted by Gasteiger charge is -2.10. The summed E-state index contributed by atoms with van der Waals surface area (Å²) in [5.74, 6) is 1.76. The lowest BCUT2D eigenvalue weighted by atomic mass is 10.2. The molecule has 21 heavy (non-hydrogen) atoms. The molecule has 2 aromatic rings. The van der Waals surface area contributed by atoms with Crippen LogP contribution >= 0.6 is 0 Å². The van der Waals surface area contributed by atoms with Crippen molar-refractivity contribution < 1.29 is 9.64 Å². The zero-order valence-corrected chi connectivity index (χ0v) is 11.9. The van der Waals surface area contributed by atoms with E-state index < -0.39 is 0 Å². The molecule has 3 rings (SSSR count). The second-order valence-electron chi connectivity index (χ2n) is 4.84. The molecule has 0 amide bonds. The zero-order valence-electron chi connectivity index (χ0n) is 11.9. The van der Waals surface area contributed by atoms with Gasteiger partial charge in [-0.3, -0.25) is 4.98 Å². The highest BCUT2D eigenvalue weighted by atomic mass is 16.5. The molecule has 1 N–H and O–H groups in total. The molecule has 0 aliphatic carbocycles. The average Bonchev–Trinajstić information content (AvgIpc) is 2.90. The number of amidine groups is 2. The number of hydrogen-bond donors (Lipinski definition) is 1. The van der Waals surface area contributed by atoms with E-state index in [-0.39, 0.29) is 0 Å². The number of pyridine rings is 1. The van der Waals surface area contributed by atoms with Gasteiger partial charge in [-0.05, 0) is 17.7 Å². The zero-order chi connectivity index (χ0) is 14.5. The first-order chi connectivity index (χ1) is 10.3. The smallest absolute Gasteiger partial charge is 0.260 e. The van der Waals surface area contributed by atoms with Crippen molar-refractivity contribution in [2.24, 2.45) is 10.2 Å². The molecular weight excluding hydrogens is 264 g/mol. The summed E-state index contributed by atoms with van der Waals surface area (Å²) in [6.07, 6.45) is 3.55. The van der Waals surface area contributed by atoms with Crippen LogP contribution in [0.2, 0.25) is 0 Å². The molecule has 1 atom stereocenters. The van der Waals surface area contributed by atoms with Crippen molar-refractivity contribution in [2.75, 3.05) is 13.7 Å². The normalized spacial score (nSPS) is 17.5. The number of rotatable bonds is 5. The number of hydrogen-bond acceptors (Lipinski definition) is 4. The first-order valence-electron chi connectivity index (χ1n) is 6.85. The SMILES string of the molecule is C[NH+]1C(COCc2ccccc2)=NN=C1c1cccnc1. The lowest BCUT2D eigenvalue weighted by molar-refractivity contribution is -0.673. The summed E-state index contributed by atoms with van der Waals surface area (Å²) in [4.78, 5) is 5.17. The molecule has 0 bridgehead atoms. The Bertz CT molecular complexity index is 652. The van der Waals surface area contributed by atoms with Crippen molar-refractivity contribution >= 4 is 11.7 Å². The van der Waals surface area contributed by atoms with Crippen LogP contribution in [0.25, 0.3) is 0 Å². The van der Waals surface area contributed by atoms with E-state index in [1.165, 1.54) is 0 Å². The Kier molecular flexibility index (Phi) is 4.14. The Hall–Kier alpha value is -2.37. The van der Waals surface area contributed by atoms with Crippen LogP contribution in [0.4, 0.5) is 0 Å². The van der Waals surface area contributed by atoms with Crippen molar-refractivity contribution in [2.45, 2.75) is 6.61 Å². The lowest BCUT2D eigenvalue weighted by Crippen LogP contribution is -3.13. The quantitative estimate of drug-likeness (QED) is 0.885. The molecule has 0 fully saturated rings. The Morgan fingerprint density at radius 1 is 1.00 bits per heavy atom. The molecule has 0 saturated carbocycles. The van der Waals surface area contributed by atoms with E-state index in [9.17, 15) is 0 Å². The number of nitrogens with zero attached hydrogens (tertiary/aromatic N) is 3. The molecule has 1 aliphatic rings. The molecule has 1 aromatic heterocycles. The van der Waals surface area contributed by atoms with Gasteiger partial charge in [-0.1, -0.05) is 40.5 Å². The highest BCUT2D eigenvalue weighted by Crippen LogP contribution is 2.02. The third kappa shape index (κ3) is 3.21. The highest BCUT2D eigenvalue weighted by Gasteiger charge is 2.27. The second-order valence-corrected chi connectivity index (χ2v) is 4.84. The maximum Gasteiger partial charge on any atom is 0.260 e. The number of benzene rings is 1. The molecule has 106 valence electrons.